The molecule has 0 radical (unpaired) electrons. The summed E-state index contributed by atoms with van der Waals surface area (Å²) in [5, 5.41) is 2.62. The standard InChI is InChI=1S/C52H35N/c1-2-5-18-38-33-43(34-15-6-3-7-16-34)39-21-8-9-22-40(39)44(38)31-36(17-4-1)37-28-29-47-45(32-37)51-49(27-14-30-53-51)52(47)46-25-11-10-23-41(46)42-24-12-19-35-20-13-26-48(52)50(35)42/h1-30,32-33,44H,31H2/b4-1-,5-2-,36-17-,38-18?. The van der Waals surface area contributed by atoms with Crippen LogP contribution < -0.4 is 0 Å². The van der Waals surface area contributed by atoms with Gasteiger partial charge in [-0.15, -0.1) is 0 Å². The maximum absolute atomic E-state index is 5.16. The van der Waals surface area contributed by atoms with Gasteiger partial charge in [0.25, 0.3) is 0 Å². The monoisotopic (exact) mass is 673 g/mol. The molecule has 0 bridgehead atoms. The summed E-state index contributed by atoms with van der Waals surface area (Å²) in [6.07, 6.45) is 18.6. The first kappa shape index (κ1) is 30.1. The van der Waals surface area contributed by atoms with E-state index in [1.54, 1.807) is 0 Å². The number of rotatable bonds is 2. The SMILES string of the molecule is C1=C(c2ccccc2)c2ccccc2C2C/C(c3ccc4c(c3)-c3ncccc3C43c4ccccc4-c4cccc5cccc3c45)=C/C=C\C=C/C=C12. The van der Waals surface area contributed by atoms with E-state index in [4.69, 9.17) is 4.98 Å². The molecule has 0 saturated carbocycles. The third-order valence-corrected chi connectivity index (χ3v) is 12.0. The van der Waals surface area contributed by atoms with Crippen LogP contribution in [0.1, 0.15) is 56.8 Å². The quantitative estimate of drug-likeness (QED) is 0.178. The normalized spacial score (nSPS) is 21.1. The number of hydrogen-bond acceptors (Lipinski definition) is 1. The van der Waals surface area contributed by atoms with Crippen molar-refractivity contribution in [3.8, 4) is 22.4 Å². The van der Waals surface area contributed by atoms with Gasteiger partial charge in [-0.25, -0.2) is 0 Å². The van der Waals surface area contributed by atoms with Crippen LogP contribution in [0.15, 0.2) is 200 Å². The molecule has 1 nitrogen and oxygen atoms in total. The molecule has 4 aliphatic rings. The Bertz CT molecular complexity index is 2800. The van der Waals surface area contributed by atoms with E-state index >= 15 is 0 Å². The average molecular weight is 674 g/mol. The highest BCUT2D eigenvalue weighted by Crippen LogP contribution is 2.61. The summed E-state index contributed by atoms with van der Waals surface area (Å²) < 4.78 is 0. The Morgan fingerprint density at radius 1 is 0.509 bits per heavy atom. The molecule has 7 aromatic rings. The molecule has 6 aromatic carbocycles. The predicted octanol–water partition coefficient (Wildman–Crippen LogP) is 12.6. The molecular weight excluding hydrogens is 639 g/mol. The van der Waals surface area contributed by atoms with Crippen molar-refractivity contribution in [1.82, 2.24) is 4.98 Å². The minimum atomic E-state index is -0.464. The van der Waals surface area contributed by atoms with Crippen molar-refractivity contribution < 1.29 is 0 Å². The van der Waals surface area contributed by atoms with E-state index in [1.165, 1.54) is 88.7 Å². The maximum Gasteiger partial charge on any atom is 0.0753 e. The third-order valence-electron chi connectivity index (χ3n) is 12.0. The number of nitrogens with zero attached hydrogens (tertiary/aromatic N) is 1. The lowest BCUT2D eigenvalue weighted by Crippen LogP contribution is -2.31. The van der Waals surface area contributed by atoms with Crippen LogP contribution in [0.5, 0.6) is 0 Å². The van der Waals surface area contributed by atoms with E-state index in [-0.39, 0.29) is 5.92 Å². The van der Waals surface area contributed by atoms with Crippen molar-refractivity contribution >= 4 is 21.9 Å². The van der Waals surface area contributed by atoms with Crippen LogP contribution >= 0.6 is 0 Å². The molecule has 0 fully saturated rings. The van der Waals surface area contributed by atoms with Gasteiger partial charge >= 0.3 is 0 Å². The molecule has 1 aromatic heterocycles. The highest BCUT2D eigenvalue weighted by atomic mass is 14.7. The highest BCUT2D eigenvalue weighted by molar-refractivity contribution is 6.06. The van der Waals surface area contributed by atoms with Crippen molar-refractivity contribution in [3.05, 3.63) is 244 Å². The van der Waals surface area contributed by atoms with Crippen molar-refractivity contribution in [1.29, 1.82) is 0 Å². The Morgan fingerprint density at radius 2 is 1.23 bits per heavy atom. The van der Waals surface area contributed by atoms with Gasteiger partial charge in [0, 0.05) is 17.7 Å². The van der Waals surface area contributed by atoms with Crippen LogP contribution in [0.25, 0.3) is 44.3 Å². The van der Waals surface area contributed by atoms with Gasteiger partial charge in [0.15, 0.2) is 0 Å². The Hall–Kier alpha value is -6.57. The summed E-state index contributed by atoms with van der Waals surface area (Å²) >= 11 is 0. The van der Waals surface area contributed by atoms with Crippen LogP contribution in [-0.4, -0.2) is 4.98 Å². The van der Waals surface area contributed by atoms with Gasteiger partial charge in [0.2, 0.25) is 0 Å². The summed E-state index contributed by atoms with van der Waals surface area (Å²) in [5.41, 5.74) is 18.8. The molecule has 0 saturated heterocycles. The minimum absolute atomic E-state index is 0.213. The Kier molecular flexibility index (Phi) is 6.66. The van der Waals surface area contributed by atoms with Crippen LogP contribution in [0.4, 0.5) is 0 Å². The Labute approximate surface area is 310 Å². The molecular formula is C52H35N. The van der Waals surface area contributed by atoms with Gasteiger partial charge in [0.1, 0.15) is 0 Å². The smallest absolute Gasteiger partial charge is 0.0753 e. The summed E-state index contributed by atoms with van der Waals surface area (Å²) in [7, 11) is 0. The molecule has 1 heterocycles. The minimum Gasteiger partial charge on any atom is -0.256 e. The topological polar surface area (TPSA) is 12.9 Å². The average Bonchev–Trinajstić information content (AvgIpc) is 3.51. The first-order valence-corrected chi connectivity index (χ1v) is 18.6. The lowest BCUT2D eigenvalue weighted by molar-refractivity contribution is 0.771. The summed E-state index contributed by atoms with van der Waals surface area (Å²) in [5.74, 6) is 0.213. The Morgan fingerprint density at radius 3 is 2.13 bits per heavy atom. The fourth-order valence-electron chi connectivity index (χ4n) is 9.77. The highest BCUT2D eigenvalue weighted by Gasteiger charge is 2.50. The number of hydrogen-bond donors (Lipinski definition) is 0. The van der Waals surface area contributed by atoms with Crippen molar-refractivity contribution in [2.45, 2.75) is 17.8 Å². The number of pyridine rings is 1. The van der Waals surface area contributed by atoms with Gasteiger partial charge in [-0.3, -0.25) is 4.98 Å². The molecule has 0 amide bonds. The summed E-state index contributed by atoms with van der Waals surface area (Å²) in [6.45, 7) is 0. The molecule has 2 unspecified atom stereocenters. The second-order valence-corrected chi connectivity index (χ2v) is 14.6. The van der Waals surface area contributed by atoms with E-state index < -0.39 is 5.41 Å². The molecule has 2 atom stereocenters. The van der Waals surface area contributed by atoms with Crippen LogP contribution in [0.2, 0.25) is 0 Å². The number of aromatic nitrogens is 1. The molecule has 0 aliphatic heterocycles. The van der Waals surface area contributed by atoms with Crippen molar-refractivity contribution in [2.75, 3.05) is 0 Å². The van der Waals surface area contributed by atoms with E-state index in [1.807, 2.05) is 6.20 Å². The van der Waals surface area contributed by atoms with Crippen molar-refractivity contribution in [3.63, 3.8) is 0 Å². The molecule has 1 heteroatoms. The zero-order chi connectivity index (χ0) is 34.9. The fraction of sp³-hybridized carbons (Fsp3) is 0.0577. The van der Waals surface area contributed by atoms with Crippen LogP contribution in [-0.2, 0) is 5.41 Å². The van der Waals surface area contributed by atoms with Gasteiger partial charge in [0.05, 0.1) is 11.1 Å². The zero-order valence-corrected chi connectivity index (χ0v) is 29.2. The summed E-state index contributed by atoms with van der Waals surface area (Å²) in [6, 6.07) is 54.1. The van der Waals surface area contributed by atoms with Crippen molar-refractivity contribution in [2.24, 2.45) is 0 Å². The lowest BCUT2D eigenvalue weighted by atomic mass is 9.61. The largest absolute Gasteiger partial charge is 0.256 e. The molecule has 53 heavy (non-hydrogen) atoms. The molecule has 0 N–H and O–H groups in total. The summed E-state index contributed by atoms with van der Waals surface area (Å²) in [4.78, 5) is 5.16. The lowest BCUT2D eigenvalue weighted by Gasteiger charge is -2.39. The zero-order valence-electron chi connectivity index (χ0n) is 29.2. The molecule has 11 rings (SSSR count). The van der Waals surface area contributed by atoms with Gasteiger partial charge in [-0.2, -0.15) is 0 Å². The Balaban J connectivity index is 1.10. The first-order chi connectivity index (χ1) is 26.3. The maximum atomic E-state index is 5.16. The third kappa shape index (κ3) is 4.35. The fourth-order valence-corrected chi connectivity index (χ4v) is 9.77. The van der Waals surface area contributed by atoms with Gasteiger partial charge in [-0.05, 0) is 108 Å². The van der Waals surface area contributed by atoms with E-state index in [2.05, 4.69) is 188 Å². The first-order valence-electron chi connectivity index (χ1n) is 18.6. The van der Waals surface area contributed by atoms with Crippen LogP contribution in [0, 0.1) is 0 Å². The predicted molar refractivity (Wildman–Crippen MR) is 220 cm³/mol. The number of fused-ring (bicyclic) bond motifs is 12. The molecule has 1 spiro atoms. The van der Waals surface area contributed by atoms with E-state index in [0.29, 0.717) is 0 Å². The van der Waals surface area contributed by atoms with E-state index in [9.17, 15) is 0 Å². The second-order valence-electron chi connectivity index (χ2n) is 14.6. The molecule has 4 aliphatic carbocycles. The van der Waals surface area contributed by atoms with Gasteiger partial charge in [-0.1, -0.05) is 170 Å². The number of benzene rings is 6. The second kappa shape index (κ2) is 11.7. The van der Waals surface area contributed by atoms with E-state index in [0.717, 1.165) is 12.1 Å². The van der Waals surface area contributed by atoms with Crippen LogP contribution in [0.3, 0.4) is 0 Å². The van der Waals surface area contributed by atoms with Gasteiger partial charge < -0.3 is 0 Å². The number of allylic oxidation sites excluding steroid dienone is 9. The molecule has 248 valence electrons.